The number of allylic oxidation sites excluding steroid dienone is 3. The molecule has 7 nitrogen and oxygen atoms in total. The van der Waals surface area contributed by atoms with E-state index in [1.807, 2.05) is 12.1 Å². The second-order valence-corrected chi connectivity index (χ2v) is 14.7. The highest BCUT2D eigenvalue weighted by molar-refractivity contribution is 8.03. The van der Waals surface area contributed by atoms with Crippen LogP contribution in [-0.2, 0) is 16.1 Å². The van der Waals surface area contributed by atoms with Crippen LogP contribution in [0.25, 0.3) is 16.3 Å². The maximum atomic E-state index is 14.0. The number of amides is 1. The second-order valence-electron chi connectivity index (χ2n) is 12.5. The fourth-order valence-electron chi connectivity index (χ4n) is 7.09. The maximum Gasteiger partial charge on any atom is 0.263 e. The summed E-state index contributed by atoms with van der Waals surface area (Å²) in [6.45, 7) is 11.1. The minimum atomic E-state index is 0.0152. The lowest BCUT2D eigenvalue weighted by Gasteiger charge is -2.28. The number of hydrogen-bond donors (Lipinski definition) is 1. The summed E-state index contributed by atoms with van der Waals surface area (Å²) in [7, 11) is 0. The van der Waals surface area contributed by atoms with Gasteiger partial charge < -0.3 is 20.0 Å². The molecule has 2 aliphatic heterocycles. The predicted molar refractivity (Wildman–Crippen MR) is 206 cm³/mol. The lowest BCUT2D eigenvalue weighted by molar-refractivity contribution is -0.665. The Morgan fingerprint density at radius 2 is 1.57 bits per heavy atom. The molecule has 1 amide bonds. The topological polar surface area (TPSA) is 59.8 Å². The average molecular weight is 691 g/mol. The van der Waals surface area contributed by atoms with Crippen molar-refractivity contribution in [1.29, 1.82) is 0 Å². The zero-order valence-electron chi connectivity index (χ0n) is 28.6. The molecule has 0 bridgehead atoms. The van der Waals surface area contributed by atoms with Crippen LogP contribution in [0.3, 0.4) is 0 Å². The minimum absolute atomic E-state index is 0.0152. The zero-order valence-corrected chi connectivity index (χ0v) is 30.2. The Balaban J connectivity index is 1.12. The number of para-hydroxylation sites is 3. The lowest BCUT2D eigenvalue weighted by Crippen LogP contribution is -2.34. The molecule has 7 rings (SSSR count). The van der Waals surface area contributed by atoms with E-state index in [1.54, 1.807) is 23.1 Å². The van der Waals surface area contributed by atoms with E-state index in [1.165, 1.54) is 40.1 Å². The van der Waals surface area contributed by atoms with Crippen molar-refractivity contribution in [3.63, 3.8) is 0 Å². The first-order valence-corrected chi connectivity index (χ1v) is 19.4. The lowest BCUT2D eigenvalue weighted by atomic mass is 9.89. The van der Waals surface area contributed by atoms with Crippen LogP contribution < -0.4 is 24.6 Å². The van der Waals surface area contributed by atoms with E-state index in [4.69, 9.17) is 0 Å². The molecule has 0 radical (unpaired) electrons. The molecule has 1 aliphatic carbocycles. The fourth-order valence-corrected chi connectivity index (χ4v) is 9.36. The third-order valence-corrected chi connectivity index (χ3v) is 11.9. The van der Waals surface area contributed by atoms with Gasteiger partial charge in [-0.25, -0.2) is 0 Å². The molecule has 0 spiro atoms. The van der Waals surface area contributed by atoms with Gasteiger partial charge in [0.15, 0.2) is 5.78 Å². The van der Waals surface area contributed by atoms with Crippen molar-refractivity contribution >= 4 is 73.8 Å². The molecule has 252 valence electrons. The molecule has 3 aromatic carbocycles. The number of Topliss-reactive ketones (excluding diaryl/α,β-unsaturated/α-hetero) is 1. The Morgan fingerprint density at radius 1 is 0.898 bits per heavy atom. The largest absolute Gasteiger partial charge is 0.372 e. The SMILES string of the molecule is CCN1C(=CC2=C(SCCCC(=O)Nc3ccc(N4CCCC4)cc3)/C(=C\c3sc4ccccc4[n+]3CC)C2=O)N(CC)c2ccccc21. The number of fused-ring (bicyclic) bond motifs is 2. The third kappa shape index (κ3) is 6.54. The highest BCUT2D eigenvalue weighted by atomic mass is 32.2. The summed E-state index contributed by atoms with van der Waals surface area (Å²) >= 11 is 3.41. The van der Waals surface area contributed by atoms with E-state index in [9.17, 15) is 9.59 Å². The van der Waals surface area contributed by atoms with Crippen molar-refractivity contribution in [2.45, 2.75) is 53.0 Å². The van der Waals surface area contributed by atoms with Gasteiger partial charge in [0.2, 0.25) is 11.4 Å². The molecule has 1 fully saturated rings. The van der Waals surface area contributed by atoms with Crippen LogP contribution in [0.1, 0.15) is 51.5 Å². The molecule has 0 saturated carbocycles. The third-order valence-electron chi connectivity index (χ3n) is 9.54. The summed E-state index contributed by atoms with van der Waals surface area (Å²) in [6.07, 6.45) is 7.79. The molecular weight excluding hydrogens is 647 g/mol. The Morgan fingerprint density at radius 3 is 2.24 bits per heavy atom. The van der Waals surface area contributed by atoms with E-state index in [2.05, 4.69) is 118 Å². The number of carbonyl (C=O) groups excluding carboxylic acids is 2. The van der Waals surface area contributed by atoms with Gasteiger partial charge in [-0.15, -0.1) is 11.8 Å². The number of hydrogen-bond acceptors (Lipinski definition) is 7. The molecular formula is C40H44N5O2S2+. The fraction of sp³-hybridized carbons (Fsp3) is 0.325. The van der Waals surface area contributed by atoms with Gasteiger partial charge in [0, 0.05) is 72.2 Å². The molecule has 1 saturated heterocycles. The molecule has 4 aromatic rings. The summed E-state index contributed by atoms with van der Waals surface area (Å²) in [5.41, 5.74) is 7.08. The summed E-state index contributed by atoms with van der Waals surface area (Å²) in [5, 5.41) is 4.15. The number of benzene rings is 3. The van der Waals surface area contributed by atoms with Crippen LogP contribution >= 0.6 is 23.1 Å². The number of nitrogens with one attached hydrogen (secondary N) is 1. The van der Waals surface area contributed by atoms with Crippen LogP contribution in [0.15, 0.2) is 101 Å². The predicted octanol–water partition coefficient (Wildman–Crippen LogP) is 8.39. The minimum Gasteiger partial charge on any atom is -0.372 e. The van der Waals surface area contributed by atoms with Gasteiger partial charge >= 0.3 is 0 Å². The average Bonchev–Trinajstić information content (AvgIpc) is 3.86. The molecule has 0 atom stereocenters. The molecule has 3 aliphatic rings. The van der Waals surface area contributed by atoms with Gasteiger partial charge in [0.05, 0.1) is 11.4 Å². The summed E-state index contributed by atoms with van der Waals surface area (Å²) in [5.74, 6) is 1.87. The van der Waals surface area contributed by atoms with Crippen LogP contribution in [0.5, 0.6) is 0 Å². The Bertz CT molecular complexity index is 1940. The monoisotopic (exact) mass is 690 g/mol. The number of thiazole rings is 1. The molecule has 0 unspecified atom stereocenters. The van der Waals surface area contributed by atoms with Crippen molar-refractivity contribution in [2.24, 2.45) is 0 Å². The number of thioether (sulfide) groups is 1. The van der Waals surface area contributed by atoms with E-state index in [-0.39, 0.29) is 11.7 Å². The van der Waals surface area contributed by atoms with Gasteiger partial charge in [-0.3, -0.25) is 9.59 Å². The van der Waals surface area contributed by atoms with E-state index in [0.717, 1.165) is 71.0 Å². The molecule has 49 heavy (non-hydrogen) atoms. The van der Waals surface area contributed by atoms with Gasteiger partial charge in [-0.05, 0) is 94.3 Å². The van der Waals surface area contributed by atoms with Gasteiger partial charge in [0.1, 0.15) is 17.1 Å². The first-order valence-electron chi connectivity index (χ1n) is 17.6. The standard InChI is InChI=1S/C40H43N5O2S2/c1-4-43-32-14-7-8-15-33(32)44(5-2)37(43)26-30-39(47)31(27-38-45(6-3)34-16-9-10-17-35(34)49-38)40(30)48-25-13-18-36(46)41-28-19-21-29(22-20-28)42-23-11-12-24-42/h7-10,14-17,19-22,26-27H,4-6,11-13,18,23-25H2,1-3H3/p+1. The zero-order chi connectivity index (χ0) is 33.9. The van der Waals surface area contributed by atoms with Crippen LogP contribution in [-0.4, -0.2) is 43.6 Å². The van der Waals surface area contributed by atoms with E-state index < -0.39 is 0 Å². The molecule has 3 heterocycles. The van der Waals surface area contributed by atoms with Crippen molar-refractivity contribution in [3.05, 3.63) is 106 Å². The second kappa shape index (κ2) is 14.6. The number of rotatable bonds is 12. The van der Waals surface area contributed by atoms with Crippen molar-refractivity contribution in [3.8, 4) is 0 Å². The molecule has 1 N–H and O–H groups in total. The number of carbonyl (C=O) groups is 2. The molecule has 1 aromatic heterocycles. The van der Waals surface area contributed by atoms with Crippen molar-refractivity contribution < 1.29 is 14.2 Å². The van der Waals surface area contributed by atoms with Crippen LogP contribution in [0, 0.1) is 0 Å². The first-order chi connectivity index (χ1) is 24.0. The smallest absolute Gasteiger partial charge is 0.263 e. The maximum absolute atomic E-state index is 14.0. The van der Waals surface area contributed by atoms with Crippen LogP contribution in [0.2, 0.25) is 0 Å². The van der Waals surface area contributed by atoms with Gasteiger partial charge in [-0.2, -0.15) is 4.57 Å². The van der Waals surface area contributed by atoms with Crippen LogP contribution in [0.4, 0.5) is 22.7 Å². The number of ketones is 1. The Hall–Kier alpha value is -4.34. The number of nitrogens with zero attached hydrogens (tertiary/aromatic N) is 4. The van der Waals surface area contributed by atoms with E-state index in [0.29, 0.717) is 12.8 Å². The first kappa shape index (κ1) is 33.2. The van der Waals surface area contributed by atoms with Gasteiger partial charge in [-0.1, -0.05) is 35.6 Å². The Labute approximate surface area is 297 Å². The van der Waals surface area contributed by atoms with Crippen molar-refractivity contribution in [1.82, 2.24) is 0 Å². The number of anilines is 4. The highest BCUT2D eigenvalue weighted by Gasteiger charge is 2.37. The number of aromatic nitrogens is 1. The Kier molecular flexibility index (Phi) is 9.91. The quantitative estimate of drug-likeness (QED) is 0.0916. The number of aryl methyl sites for hydroxylation is 1. The van der Waals surface area contributed by atoms with Gasteiger partial charge in [0.25, 0.3) is 5.01 Å². The van der Waals surface area contributed by atoms with E-state index >= 15 is 0 Å². The summed E-state index contributed by atoms with van der Waals surface area (Å²) in [6, 6.07) is 25.1. The molecule has 9 heteroatoms. The normalized spacial score (nSPS) is 16.6. The highest BCUT2D eigenvalue weighted by Crippen LogP contribution is 2.46. The summed E-state index contributed by atoms with van der Waals surface area (Å²) < 4.78 is 3.49. The summed E-state index contributed by atoms with van der Waals surface area (Å²) in [4.78, 5) is 34.9. The van der Waals surface area contributed by atoms with Crippen molar-refractivity contribution in [2.75, 3.05) is 51.9 Å².